The molecule has 488 valence electrons. The average molecular weight is 1640 g/mol. The van der Waals surface area contributed by atoms with E-state index in [2.05, 4.69) is 15.9 Å². The number of rotatable bonds is 30. The molecule has 5 aromatic rings. The van der Waals surface area contributed by atoms with E-state index in [0.29, 0.717) is 92.8 Å². The minimum Gasteiger partial charge on any atom is -0.424 e. The highest BCUT2D eigenvalue weighted by atomic mass is 79.9. The molecule has 18 nitrogen and oxygen atoms in total. The lowest BCUT2D eigenvalue weighted by molar-refractivity contribution is 0.217. The molecule has 5 rings (SSSR count). The second-order valence-corrected chi connectivity index (χ2v) is 40.1. The first-order valence-corrected chi connectivity index (χ1v) is 45.5. The van der Waals surface area contributed by atoms with Crippen molar-refractivity contribution in [2.45, 2.75) is 56.2 Å². The maximum absolute atomic E-state index is 11.0. The zero-order chi connectivity index (χ0) is 66.1. The van der Waals surface area contributed by atoms with Crippen LogP contribution >= 0.6 is 141 Å². The highest BCUT2D eigenvalue weighted by Crippen LogP contribution is 2.62. The third-order valence-electron chi connectivity index (χ3n) is 9.06. The van der Waals surface area contributed by atoms with Crippen LogP contribution in [0.2, 0.25) is 25.1 Å². The van der Waals surface area contributed by atoms with Crippen molar-refractivity contribution in [2.24, 2.45) is 5.14 Å². The fraction of sp³-hybridized carbons (Fsp3) is 0.367. The Morgan fingerprint density at radius 2 is 0.977 bits per heavy atom. The molecule has 2 N–H and O–H groups in total. The number of benzene rings is 5. The molecule has 0 fully saturated rings. The van der Waals surface area contributed by atoms with Crippen LogP contribution in [0, 0.1) is 11.3 Å². The molecule has 0 aliphatic carbocycles. The second-order valence-electron chi connectivity index (χ2n) is 14.9. The molecule has 0 bridgehead atoms. The van der Waals surface area contributed by atoms with Crippen LogP contribution in [0.25, 0.3) is 0 Å². The summed E-state index contributed by atoms with van der Waals surface area (Å²) >= 11 is 64.2. The van der Waals surface area contributed by atoms with Crippen molar-refractivity contribution in [3.63, 3.8) is 0 Å². The molecule has 5 aromatic carbocycles. The Balaban J connectivity index is 0.000000545. The van der Waals surface area contributed by atoms with E-state index in [0.717, 1.165) is 15.0 Å². The topological polar surface area (TPSA) is 213 Å². The van der Waals surface area contributed by atoms with Gasteiger partial charge in [-0.1, -0.05) is 69.4 Å². The van der Waals surface area contributed by atoms with Gasteiger partial charge in [-0.05, 0) is 167 Å². The van der Waals surface area contributed by atoms with Gasteiger partial charge in [0.15, 0.2) is 0 Å². The van der Waals surface area contributed by atoms with Crippen molar-refractivity contribution in [1.82, 2.24) is 0 Å². The summed E-state index contributed by atoms with van der Waals surface area (Å²) < 4.78 is 97.1. The summed E-state index contributed by atoms with van der Waals surface area (Å²) in [7, 11) is 1.92. The molecule has 0 heterocycles. The van der Waals surface area contributed by atoms with Gasteiger partial charge in [0, 0.05) is 101 Å². The summed E-state index contributed by atoms with van der Waals surface area (Å²) in [6.45, 7) is 2.84. The minimum atomic E-state index is -3.71. The minimum absolute atomic E-state index is 0.00650. The van der Waals surface area contributed by atoms with Gasteiger partial charge in [0.05, 0.1) is 76.3 Å². The Hall–Kier alpha value is 0.530. The number of nitrogens with two attached hydrogens (primary N) is 1. The summed E-state index contributed by atoms with van der Waals surface area (Å²) in [5.74, 6) is 1.62. The summed E-state index contributed by atoms with van der Waals surface area (Å²) in [5.41, 5.74) is -1.60. The number of primary sulfonamides is 1. The van der Waals surface area contributed by atoms with Crippen LogP contribution in [0.1, 0.15) is 47.1 Å². The van der Waals surface area contributed by atoms with Crippen LogP contribution in [-0.2, 0) is 114 Å². The maximum Gasteiger partial charge on any atom is 0.380 e. The molecule has 0 radical (unpaired) electrons. The monoisotopic (exact) mass is 1630 g/mol. The molecule has 0 aliphatic rings. The highest BCUT2D eigenvalue weighted by Gasteiger charge is 2.26. The van der Waals surface area contributed by atoms with Crippen molar-refractivity contribution < 1.29 is 71.8 Å². The lowest BCUT2D eigenvalue weighted by atomic mass is 10.2. The van der Waals surface area contributed by atoms with E-state index in [1.54, 1.807) is 65.6 Å². The molecule has 0 aliphatic heterocycles. The van der Waals surface area contributed by atoms with E-state index in [4.69, 9.17) is 191 Å². The first-order valence-electron chi connectivity index (χ1n) is 24.6. The number of nitrogens with zero attached hydrogens (tertiary/aromatic N) is 1. The van der Waals surface area contributed by atoms with Crippen molar-refractivity contribution in [2.75, 3.05) is 79.4 Å². The number of thioether (sulfide) groups is 2. The maximum atomic E-state index is 11.0. The van der Waals surface area contributed by atoms with Gasteiger partial charge < -0.3 is 45.2 Å². The zero-order valence-corrected chi connectivity index (χ0v) is 65.6. The van der Waals surface area contributed by atoms with Gasteiger partial charge in [0.1, 0.15) is 28.0 Å². The van der Waals surface area contributed by atoms with Crippen LogP contribution < -0.4 is 23.2 Å². The Morgan fingerprint density at radius 3 is 1.37 bits per heavy atom. The van der Waals surface area contributed by atoms with Gasteiger partial charge in [-0.3, -0.25) is 18.1 Å². The van der Waals surface area contributed by atoms with Gasteiger partial charge in [-0.25, -0.2) is 13.6 Å². The zero-order valence-electron chi connectivity index (χ0n) is 48.4. The summed E-state index contributed by atoms with van der Waals surface area (Å²) in [4.78, 5) is 2.04. The largest absolute Gasteiger partial charge is 0.424 e. The normalized spacial score (nSPS) is 11.6. The third kappa shape index (κ3) is 33.2. The van der Waals surface area contributed by atoms with Crippen molar-refractivity contribution >= 4 is 210 Å². The van der Waals surface area contributed by atoms with Gasteiger partial charge in [-0.15, -0.1) is 23.5 Å². The quantitative estimate of drug-likeness (QED) is 0.0196. The van der Waals surface area contributed by atoms with Crippen molar-refractivity contribution in [1.29, 1.82) is 5.26 Å². The Bertz CT molecular complexity index is 3260. The molecule has 0 unspecified atom stereocenters. The van der Waals surface area contributed by atoms with E-state index >= 15 is 0 Å². The van der Waals surface area contributed by atoms with E-state index < -0.39 is 42.6 Å². The Labute approximate surface area is 583 Å². The molecule has 0 spiro atoms. The SMILES string of the molecule is CCOP(=S)(OCC)Oc1cc(Cl)c(Br)cc1Cl.CCOP(=S)(OCC)Oc1ccc(SC)c(Cl)c1Cl.CCOP(=S)(OCC)SCSc1ccc(Cl)cc1.COP(=S)(OC)Oc1ccc(C#N)cc1.COP(=S)(OC)Oc1ccc(S(N)(=O)=O)cc1. The number of nitriles is 1. The Morgan fingerprint density at radius 1 is 0.552 bits per heavy atom. The molecule has 0 aromatic heterocycles. The predicted octanol–water partition coefficient (Wildman–Crippen LogP) is 19.9. The second kappa shape index (κ2) is 44.3. The van der Waals surface area contributed by atoms with Gasteiger partial charge in [0.2, 0.25) is 15.7 Å². The van der Waals surface area contributed by atoms with Crippen LogP contribution in [0.5, 0.6) is 23.0 Å². The molecule has 0 amide bonds. The first kappa shape index (κ1) is 85.5. The van der Waals surface area contributed by atoms with Crippen LogP contribution in [-0.4, -0.2) is 87.8 Å². The van der Waals surface area contributed by atoms with E-state index in [-0.39, 0.29) is 4.90 Å². The van der Waals surface area contributed by atoms with Gasteiger partial charge in [0.25, 0.3) is 0 Å². The third-order valence-corrected chi connectivity index (χ3v) is 30.3. The van der Waals surface area contributed by atoms with Crippen LogP contribution in [0.4, 0.5) is 0 Å². The fourth-order valence-electron chi connectivity index (χ4n) is 5.32. The highest BCUT2D eigenvalue weighted by molar-refractivity contribution is 9.10. The van der Waals surface area contributed by atoms with Crippen LogP contribution in [0.3, 0.4) is 0 Å². The summed E-state index contributed by atoms with van der Waals surface area (Å²) in [5, 5.41) is 16.8. The van der Waals surface area contributed by atoms with Crippen molar-refractivity contribution in [3.8, 4) is 29.1 Å². The first-order chi connectivity index (χ1) is 40.9. The predicted molar refractivity (Wildman–Crippen MR) is 383 cm³/mol. The molecular formula is C49H65BrCl5N2O16P5S9. The lowest BCUT2D eigenvalue weighted by Crippen LogP contribution is -2.11. The Kier molecular flexibility index (Phi) is 43.6. The lowest BCUT2D eigenvalue weighted by Gasteiger charge is -2.22. The van der Waals surface area contributed by atoms with E-state index in [1.165, 1.54) is 69.4 Å². The molecule has 0 atom stereocenters. The summed E-state index contributed by atoms with van der Waals surface area (Å²) in [6, 6.07) is 28.6. The number of hydrogen-bond acceptors (Lipinski definition) is 25. The smallest absolute Gasteiger partial charge is 0.380 e. The van der Waals surface area contributed by atoms with E-state index in [9.17, 15) is 8.42 Å². The molecule has 0 saturated heterocycles. The number of hydrogen-bond donors (Lipinski definition) is 1. The summed E-state index contributed by atoms with van der Waals surface area (Å²) in [6.07, 6.45) is 1.92. The molecule has 38 heteroatoms. The molecular weight excluding hydrogens is 1570 g/mol. The molecule has 87 heavy (non-hydrogen) atoms. The molecule has 0 saturated carbocycles. The standard InChI is InChI=1S/C11H15Cl2O3PS2.C11H16ClO2PS3.C10H12BrCl2O3PS.C9H10NO3PS.C8H12NO5PS2/c1-4-14-17(18,15-5-2)16-8-6-7-9(19-3)11(13)10(8)12;1-3-13-15(16,14-4-2)18-9-17-11-7-5-10(12)6-8-11;1-3-14-17(18,15-4-2)16-10-6-8(12)7(11)5-9(10)13;1-11-14(15,12-2)13-9-5-3-8(7-10)4-6-9;1-12-15(16,13-2)14-7-3-5-8(6-4-7)17(9,10)11/h6-7H,4-5H2,1-3H3;5-8H,3-4,9H2,1-2H3;5-6H,3-4H2,1-2H3;3-6H,1-2H3;3-6H,1-2H3,(H2,9,10,11). The van der Waals surface area contributed by atoms with Crippen molar-refractivity contribution in [3.05, 3.63) is 132 Å². The fourth-order valence-corrected chi connectivity index (χ4v) is 21.0. The number of sulfonamides is 1. The van der Waals surface area contributed by atoms with Crippen LogP contribution in [0.15, 0.2) is 116 Å². The van der Waals surface area contributed by atoms with Gasteiger partial charge >= 0.3 is 26.9 Å². The average Bonchev–Trinajstić information content (AvgIpc) is 2.65. The number of halogens is 6. The van der Waals surface area contributed by atoms with Gasteiger partial charge in [-0.2, -0.15) is 5.26 Å². The van der Waals surface area contributed by atoms with E-state index in [1.807, 2.05) is 84.2 Å².